The maximum Gasteiger partial charge on any atom is 0.277 e. The monoisotopic (exact) mass is 389 g/mol. The SMILES string of the molecule is O=C(Nc1cccc(COc2cccc(F)c2)c1)c1cc(-c2ccncc2)on1. The van der Waals surface area contributed by atoms with Crippen LogP contribution in [0.2, 0.25) is 0 Å². The van der Waals surface area contributed by atoms with Gasteiger partial charge in [0.1, 0.15) is 18.2 Å². The van der Waals surface area contributed by atoms with Crippen LogP contribution in [0, 0.1) is 5.82 Å². The lowest BCUT2D eigenvalue weighted by atomic mass is 10.2. The quantitative estimate of drug-likeness (QED) is 0.517. The fourth-order valence-electron chi connectivity index (χ4n) is 2.69. The summed E-state index contributed by atoms with van der Waals surface area (Å²) in [5, 5.41) is 6.61. The molecule has 0 bridgehead atoms. The van der Waals surface area contributed by atoms with Crippen molar-refractivity contribution in [2.45, 2.75) is 6.61 Å². The first-order chi connectivity index (χ1) is 14.2. The number of nitrogens with one attached hydrogen (secondary N) is 1. The molecule has 0 spiro atoms. The molecule has 6 nitrogen and oxygen atoms in total. The molecule has 0 fully saturated rings. The minimum atomic E-state index is -0.391. The molecule has 0 radical (unpaired) electrons. The van der Waals surface area contributed by atoms with Gasteiger partial charge in [0.15, 0.2) is 11.5 Å². The van der Waals surface area contributed by atoms with Crippen LogP contribution in [-0.2, 0) is 6.61 Å². The Hall–Kier alpha value is -4.00. The lowest BCUT2D eigenvalue weighted by molar-refractivity contribution is 0.101. The van der Waals surface area contributed by atoms with Gasteiger partial charge in [-0.3, -0.25) is 9.78 Å². The first-order valence-corrected chi connectivity index (χ1v) is 8.83. The van der Waals surface area contributed by atoms with E-state index in [9.17, 15) is 9.18 Å². The summed E-state index contributed by atoms with van der Waals surface area (Å²) in [5.41, 5.74) is 2.36. The smallest absolute Gasteiger partial charge is 0.277 e. The van der Waals surface area contributed by atoms with Crippen LogP contribution < -0.4 is 10.1 Å². The van der Waals surface area contributed by atoms with Gasteiger partial charge in [-0.15, -0.1) is 0 Å². The van der Waals surface area contributed by atoms with Crippen molar-refractivity contribution < 1.29 is 18.4 Å². The van der Waals surface area contributed by atoms with Gasteiger partial charge in [0.25, 0.3) is 5.91 Å². The maximum absolute atomic E-state index is 13.2. The predicted octanol–water partition coefficient (Wildman–Crippen LogP) is 4.71. The number of pyridine rings is 1. The predicted molar refractivity (Wildman–Crippen MR) is 105 cm³/mol. The number of hydrogen-bond donors (Lipinski definition) is 1. The number of carbonyl (C=O) groups excluding carboxylic acids is 1. The molecule has 0 aliphatic heterocycles. The lowest BCUT2D eigenvalue weighted by Gasteiger charge is -2.08. The number of halogens is 1. The second kappa shape index (κ2) is 8.35. The maximum atomic E-state index is 13.2. The summed E-state index contributed by atoms with van der Waals surface area (Å²) in [6.45, 7) is 0.239. The Balaban J connectivity index is 1.41. The number of nitrogens with zero attached hydrogens (tertiary/aromatic N) is 2. The van der Waals surface area contributed by atoms with E-state index >= 15 is 0 Å². The average molecular weight is 389 g/mol. The summed E-state index contributed by atoms with van der Waals surface area (Å²) in [6, 6.07) is 18.2. The standard InChI is InChI=1S/C22H16FN3O3/c23-17-4-2-6-19(12-17)28-14-15-3-1-5-18(11-15)25-22(27)20-13-21(29-26-20)16-7-9-24-10-8-16/h1-13H,14H2,(H,25,27). The number of aromatic nitrogens is 2. The fraction of sp³-hybridized carbons (Fsp3) is 0.0455. The van der Waals surface area contributed by atoms with Crippen LogP contribution in [-0.4, -0.2) is 16.0 Å². The summed E-state index contributed by atoms with van der Waals surface area (Å²) >= 11 is 0. The fourth-order valence-corrected chi connectivity index (χ4v) is 2.69. The number of hydrogen-bond acceptors (Lipinski definition) is 5. The molecule has 7 heteroatoms. The van der Waals surface area contributed by atoms with Crippen molar-refractivity contribution in [3.8, 4) is 17.1 Å². The number of amides is 1. The highest BCUT2D eigenvalue weighted by Crippen LogP contribution is 2.20. The first kappa shape index (κ1) is 18.4. The third-order valence-corrected chi connectivity index (χ3v) is 4.09. The van der Waals surface area contributed by atoms with Crippen molar-refractivity contribution in [2.75, 3.05) is 5.32 Å². The molecule has 0 saturated carbocycles. The summed E-state index contributed by atoms with van der Waals surface area (Å²) in [7, 11) is 0. The van der Waals surface area contributed by atoms with Crippen LogP contribution in [0.15, 0.2) is 83.6 Å². The van der Waals surface area contributed by atoms with Gasteiger partial charge < -0.3 is 14.6 Å². The summed E-state index contributed by atoms with van der Waals surface area (Å²) < 4.78 is 24.1. The number of rotatable bonds is 6. The Labute approximate surface area is 166 Å². The van der Waals surface area contributed by atoms with Crippen LogP contribution in [0.1, 0.15) is 16.1 Å². The van der Waals surface area contributed by atoms with Crippen molar-refractivity contribution in [2.24, 2.45) is 0 Å². The lowest BCUT2D eigenvalue weighted by Crippen LogP contribution is -2.12. The van der Waals surface area contributed by atoms with E-state index in [4.69, 9.17) is 9.26 Å². The van der Waals surface area contributed by atoms with E-state index < -0.39 is 5.91 Å². The normalized spacial score (nSPS) is 10.5. The Morgan fingerprint density at radius 3 is 2.69 bits per heavy atom. The summed E-state index contributed by atoms with van der Waals surface area (Å²) in [6.07, 6.45) is 3.27. The first-order valence-electron chi connectivity index (χ1n) is 8.83. The number of carbonyl (C=O) groups is 1. The van der Waals surface area contributed by atoms with Crippen molar-refractivity contribution in [1.82, 2.24) is 10.1 Å². The molecule has 0 unspecified atom stereocenters. The number of ether oxygens (including phenoxy) is 1. The van der Waals surface area contributed by atoms with Crippen LogP contribution in [0.25, 0.3) is 11.3 Å². The van der Waals surface area contributed by atoms with Crippen molar-refractivity contribution in [1.29, 1.82) is 0 Å². The minimum absolute atomic E-state index is 0.165. The molecular weight excluding hydrogens is 373 g/mol. The molecule has 2 aromatic heterocycles. The molecule has 0 saturated heterocycles. The molecule has 1 N–H and O–H groups in total. The average Bonchev–Trinajstić information content (AvgIpc) is 3.24. The molecule has 144 valence electrons. The molecule has 1 amide bonds. The largest absolute Gasteiger partial charge is 0.489 e. The third-order valence-electron chi connectivity index (χ3n) is 4.09. The Morgan fingerprint density at radius 2 is 1.86 bits per heavy atom. The van der Waals surface area contributed by atoms with Gasteiger partial charge in [0, 0.05) is 35.8 Å². The van der Waals surface area contributed by atoms with Gasteiger partial charge in [-0.05, 0) is 42.0 Å². The Bertz CT molecular complexity index is 1130. The topological polar surface area (TPSA) is 77.2 Å². The zero-order chi connectivity index (χ0) is 20.1. The van der Waals surface area contributed by atoms with Gasteiger partial charge in [-0.25, -0.2) is 4.39 Å². The zero-order valence-corrected chi connectivity index (χ0v) is 15.2. The van der Waals surface area contributed by atoms with E-state index in [0.29, 0.717) is 17.2 Å². The van der Waals surface area contributed by atoms with Crippen LogP contribution in [0.5, 0.6) is 5.75 Å². The van der Waals surface area contributed by atoms with Crippen molar-refractivity contribution in [3.63, 3.8) is 0 Å². The molecule has 0 aliphatic rings. The van der Waals surface area contributed by atoms with Gasteiger partial charge in [-0.2, -0.15) is 0 Å². The highest BCUT2D eigenvalue weighted by molar-refractivity contribution is 6.03. The number of benzene rings is 2. The van der Waals surface area contributed by atoms with E-state index in [0.717, 1.165) is 11.1 Å². The van der Waals surface area contributed by atoms with Crippen LogP contribution >= 0.6 is 0 Å². The van der Waals surface area contributed by atoms with E-state index in [1.165, 1.54) is 12.1 Å². The van der Waals surface area contributed by atoms with Gasteiger partial charge in [0.05, 0.1) is 0 Å². The number of anilines is 1. The van der Waals surface area contributed by atoms with E-state index in [2.05, 4.69) is 15.5 Å². The summed E-state index contributed by atoms with van der Waals surface area (Å²) in [4.78, 5) is 16.4. The zero-order valence-electron chi connectivity index (χ0n) is 15.2. The van der Waals surface area contributed by atoms with E-state index in [1.54, 1.807) is 60.9 Å². The molecule has 4 aromatic rings. The molecule has 2 aromatic carbocycles. The molecule has 2 heterocycles. The highest BCUT2D eigenvalue weighted by Gasteiger charge is 2.14. The van der Waals surface area contributed by atoms with Gasteiger partial charge in [0.2, 0.25) is 0 Å². The van der Waals surface area contributed by atoms with Gasteiger partial charge in [-0.1, -0.05) is 23.4 Å². The second-order valence-electron chi connectivity index (χ2n) is 6.21. The Kier molecular flexibility index (Phi) is 5.29. The van der Waals surface area contributed by atoms with E-state index in [1.807, 2.05) is 6.07 Å². The van der Waals surface area contributed by atoms with Crippen LogP contribution in [0.3, 0.4) is 0 Å². The highest BCUT2D eigenvalue weighted by atomic mass is 19.1. The second-order valence-corrected chi connectivity index (χ2v) is 6.21. The van der Waals surface area contributed by atoms with E-state index in [-0.39, 0.29) is 18.1 Å². The summed E-state index contributed by atoms with van der Waals surface area (Å²) in [5.74, 6) is 0.167. The van der Waals surface area contributed by atoms with Gasteiger partial charge >= 0.3 is 0 Å². The van der Waals surface area contributed by atoms with Crippen LogP contribution in [0.4, 0.5) is 10.1 Å². The Morgan fingerprint density at radius 1 is 1.03 bits per heavy atom. The molecule has 29 heavy (non-hydrogen) atoms. The molecule has 0 aliphatic carbocycles. The third kappa shape index (κ3) is 4.65. The van der Waals surface area contributed by atoms with Crippen molar-refractivity contribution in [3.05, 3.63) is 96.2 Å². The molecule has 0 atom stereocenters. The van der Waals surface area contributed by atoms with Crippen molar-refractivity contribution >= 4 is 11.6 Å². The molecular formula is C22H16FN3O3. The molecule has 4 rings (SSSR count). The minimum Gasteiger partial charge on any atom is -0.489 e.